The third-order valence-electron chi connectivity index (χ3n) is 2.98. The quantitative estimate of drug-likeness (QED) is 0.628. The predicted octanol–water partition coefficient (Wildman–Crippen LogP) is 2.00. The molecular formula is C13H15ClN4O3. The maximum absolute atomic E-state index is 11.0. The van der Waals surface area contributed by atoms with E-state index in [1.54, 1.807) is 24.0 Å². The van der Waals surface area contributed by atoms with E-state index in [1.807, 2.05) is 6.20 Å². The van der Waals surface area contributed by atoms with Crippen LogP contribution in [0.4, 0.5) is 11.4 Å². The van der Waals surface area contributed by atoms with Gasteiger partial charge in [-0.15, -0.1) is 0 Å². The summed E-state index contributed by atoms with van der Waals surface area (Å²) in [5.74, 6) is 0. The molecule has 1 aromatic heterocycles. The third-order valence-corrected chi connectivity index (χ3v) is 3.21. The van der Waals surface area contributed by atoms with Gasteiger partial charge >= 0.3 is 0 Å². The van der Waals surface area contributed by atoms with Crippen LogP contribution in [0.1, 0.15) is 5.56 Å². The van der Waals surface area contributed by atoms with E-state index in [0.29, 0.717) is 17.1 Å². The summed E-state index contributed by atoms with van der Waals surface area (Å²) in [7, 11) is 1.80. The van der Waals surface area contributed by atoms with Crippen LogP contribution in [0.25, 0.3) is 0 Å². The molecular weight excluding hydrogens is 296 g/mol. The molecule has 0 bridgehead atoms. The van der Waals surface area contributed by atoms with Gasteiger partial charge in [-0.1, -0.05) is 11.6 Å². The van der Waals surface area contributed by atoms with Crippen LogP contribution in [-0.4, -0.2) is 32.5 Å². The number of halogens is 1. The molecule has 0 unspecified atom stereocenters. The number of hydrogen-bond acceptors (Lipinski definition) is 5. The van der Waals surface area contributed by atoms with Crippen molar-refractivity contribution in [3.8, 4) is 0 Å². The van der Waals surface area contributed by atoms with Gasteiger partial charge < -0.3 is 10.4 Å². The first kappa shape index (κ1) is 15.3. The Kier molecular flexibility index (Phi) is 4.77. The molecule has 2 rings (SSSR count). The molecule has 8 heteroatoms. The number of anilines is 1. The number of rotatable bonds is 6. The molecule has 2 aromatic rings. The monoisotopic (exact) mass is 310 g/mol. The zero-order valence-corrected chi connectivity index (χ0v) is 12.1. The van der Waals surface area contributed by atoms with E-state index in [1.165, 1.54) is 12.1 Å². The number of hydrogen-bond donors (Lipinski definition) is 2. The largest absolute Gasteiger partial charge is 0.394 e. The maximum atomic E-state index is 11.0. The Bertz CT molecular complexity index is 644. The van der Waals surface area contributed by atoms with E-state index in [0.717, 1.165) is 5.56 Å². The van der Waals surface area contributed by atoms with Gasteiger partial charge in [-0.3, -0.25) is 14.8 Å². The minimum Gasteiger partial charge on any atom is -0.394 e. The fraction of sp³-hybridized carbons (Fsp3) is 0.308. The van der Waals surface area contributed by atoms with Gasteiger partial charge in [0.05, 0.1) is 23.8 Å². The number of aryl methyl sites for hydroxylation is 1. The number of nitrogens with one attached hydrogen (secondary N) is 1. The van der Waals surface area contributed by atoms with E-state index in [9.17, 15) is 15.2 Å². The highest BCUT2D eigenvalue weighted by Crippen LogP contribution is 2.28. The molecule has 0 saturated carbocycles. The second kappa shape index (κ2) is 6.55. The molecule has 0 spiro atoms. The average molecular weight is 311 g/mol. The van der Waals surface area contributed by atoms with Crippen molar-refractivity contribution in [2.24, 2.45) is 7.05 Å². The molecule has 0 aliphatic carbocycles. The van der Waals surface area contributed by atoms with Crippen molar-refractivity contribution < 1.29 is 10.0 Å². The van der Waals surface area contributed by atoms with Crippen molar-refractivity contribution >= 4 is 23.0 Å². The standard InChI is InChI=1S/C13H15ClN4O3/c1-17-7-9(6-15-17)4-11(8-19)16-12-3-2-10(14)5-13(12)18(20)21/h2-3,5-7,11,16,19H,4,8H2,1H3/t11-/m1/s1. The van der Waals surface area contributed by atoms with E-state index >= 15 is 0 Å². The van der Waals surface area contributed by atoms with Gasteiger partial charge in [0.2, 0.25) is 0 Å². The first-order valence-electron chi connectivity index (χ1n) is 6.28. The Hall–Kier alpha value is -2.12. The Labute approximate surface area is 126 Å². The maximum Gasteiger partial charge on any atom is 0.293 e. The van der Waals surface area contributed by atoms with E-state index in [2.05, 4.69) is 10.4 Å². The number of nitrogens with zero attached hydrogens (tertiary/aromatic N) is 3. The van der Waals surface area contributed by atoms with E-state index in [4.69, 9.17) is 11.6 Å². The summed E-state index contributed by atoms with van der Waals surface area (Å²) in [4.78, 5) is 10.5. The number of nitro groups is 1. The van der Waals surface area contributed by atoms with Crippen LogP contribution >= 0.6 is 11.6 Å². The minimum atomic E-state index is -0.507. The Balaban J connectivity index is 2.16. The van der Waals surface area contributed by atoms with Gasteiger partial charge in [-0.2, -0.15) is 5.10 Å². The first-order chi connectivity index (χ1) is 9.99. The lowest BCUT2D eigenvalue weighted by atomic mass is 10.1. The highest BCUT2D eigenvalue weighted by atomic mass is 35.5. The molecule has 1 heterocycles. The van der Waals surface area contributed by atoms with E-state index in [-0.39, 0.29) is 18.3 Å². The zero-order valence-electron chi connectivity index (χ0n) is 11.4. The normalized spacial score (nSPS) is 12.1. The fourth-order valence-corrected chi connectivity index (χ4v) is 2.19. The molecule has 1 atom stereocenters. The highest BCUT2D eigenvalue weighted by Gasteiger charge is 2.18. The summed E-state index contributed by atoms with van der Waals surface area (Å²) in [6.07, 6.45) is 4.03. The minimum absolute atomic E-state index is 0.118. The van der Waals surface area contributed by atoms with Gasteiger partial charge in [-0.25, -0.2) is 0 Å². The first-order valence-corrected chi connectivity index (χ1v) is 6.66. The van der Waals surface area contributed by atoms with Crippen molar-refractivity contribution in [2.45, 2.75) is 12.5 Å². The lowest BCUT2D eigenvalue weighted by molar-refractivity contribution is -0.384. The van der Waals surface area contributed by atoms with Gasteiger partial charge in [0, 0.05) is 24.3 Å². The lowest BCUT2D eigenvalue weighted by Gasteiger charge is -2.16. The number of aliphatic hydroxyl groups is 1. The molecule has 2 N–H and O–H groups in total. The summed E-state index contributed by atoms with van der Waals surface area (Å²) in [6.45, 7) is -0.158. The highest BCUT2D eigenvalue weighted by molar-refractivity contribution is 6.30. The van der Waals surface area contributed by atoms with E-state index < -0.39 is 4.92 Å². The average Bonchev–Trinajstić information content (AvgIpc) is 2.85. The van der Waals surface area contributed by atoms with Crippen molar-refractivity contribution in [1.82, 2.24) is 9.78 Å². The smallest absolute Gasteiger partial charge is 0.293 e. The van der Waals surface area contributed by atoms with Gasteiger partial charge in [0.15, 0.2) is 0 Å². The summed E-state index contributed by atoms with van der Waals surface area (Å²) in [5.41, 5.74) is 1.14. The summed E-state index contributed by atoms with van der Waals surface area (Å²) >= 11 is 5.77. The molecule has 1 aromatic carbocycles. The van der Waals surface area contributed by atoms with Crippen molar-refractivity contribution in [2.75, 3.05) is 11.9 Å². The Morgan fingerprint density at radius 3 is 2.90 bits per heavy atom. The molecule has 0 aliphatic heterocycles. The molecule has 0 saturated heterocycles. The van der Waals surface area contributed by atoms with Crippen molar-refractivity contribution in [1.29, 1.82) is 0 Å². The molecule has 0 amide bonds. The van der Waals surface area contributed by atoms with Crippen LogP contribution in [0, 0.1) is 10.1 Å². The topological polar surface area (TPSA) is 93.2 Å². The van der Waals surface area contributed by atoms with Crippen LogP contribution in [0.15, 0.2) is 30.6 Å². The predicted molar refractivity (Wildman–Crippen MR) is 79.5 cm³/mol. The van der Waals surface area contributed by atoms with Gasteiger partial charge in [-0.05, 0) is 24.1 Å². The van der Waals surface area contributed by atoms with Crippen LogP contribution < -0.4 is 5.32 Å². The second-order valence-corrected chi connectivity index (χ2v) is 5.11. The SMILES string of the molecule is Cn1cc(C[C@H](CO)Nc2ccc(Cl)cc2[N+](=O)[O-])cn1. The fourth-order valence-electron chi connectivity index (χ4n) is 2.02. The van der Waals surface area contributed by atoms with Gasteiger partial charge in [0.1, 0.15) is 5.69 Å². The number of nitro benzene ring substituents is 1. The zero-order chi connectivity index (χ0) is 15.4. The van der Waals surface area contributed by atoms with Crippen molar-refractivity contribution in [3.63, 3.8) is 0 Å². The molecule has 0 radical (unpaired) electrons. The van der Waals surface area contributed by atoms with Gasteiger partial charge in [0.25, 0.3) is 5.69 Å². The molecule has 0 aliphatic rings. The molecule has 21 heavy (non-hydrogen) atoms. The number of aliphatic hydroxyl groups excluding tert-OH is 1. The lowest BCUT2D eigenvalue weighted by Crippen LogP contribution is -2.26. The third kappa shape index (κ3) is 3.93. The van der Waals surface area contributed by atoms with Crippen LogP contribution in [0.5, 0.6) is 0 Å². The Morgan fingerprint density at radius 1 is 1.57 bits per heavy atom. The summed E-state index contributed by atoms with van der Waals surface area (Å²) < 4.78 is 1.66. The van der Waals surface area contributed by atoms with Crippen LogP contribution in [-0.2, 0) is 13.5 Å². The van der Waals surface area contributed by atoms with Crippen molar-refractivity contribution in [3.05, 3.63) is 51.3 Å². The van der Waals surface area contributed by atoms with Crippen LogP contribution in [0.2, 0.25) is 5.02 Å². The molecule has 0 fully saturated rings. The Morgan fingerprint density at radius 2 is 2.33 bits per heavy atom. The second-order valence-electron chi connectivity index (χ2n) is 4.67. The summed E-state index contributed by atoms with van der Waals surface area (Å²) in [5, 5.41) is 27.8. The summed E-state index contributed by atoms with van der Waals surface area (Å²) in [6, 6.07) is 4.03. The molecule has 112 valence electrons. The number of aromatic nitrogens is 2. The molecule has 7 nitrogen and oxygen atoms in total. The van der Waals surface area contributed by atoms with Crippen LogP contribution in [0.3, 0.4) is 0 Å². The number of benzene rings is 1.